The predicted molar refractivity (Wildman–Crippen MR) is 130 cm³/mol. The third kappa shape index (κ3) is 4.50. The summed E-state index contributed by atoms with van der Waals surface area (Å²) in [5, 5.41) is 10.2. The number of aryl methyl sites for hydroxylation is 3. The lowest BCUT2D eigenvalue weighted by Gasteiger charge is -2.10. The molecule has 0 atom stereocenters. The van der Waals surface area contributed by atoms with Crippen LogP contribution in [0.3, 0.4) is 0 Å². The molecule has 6 heteroatoms. The van der Waals surface area contributed by atoms with Crippen LogP contribution >= 0.6 is 15.9 Å². The van der Waals surface area contributed by atoms with Crippen molar-refractivity contribution in [3.05, 3.63) is 81.8 Å². The second-order valence-corrected chi connectivity index (χ2v) is 8.48. The van der Waals surface area contributed by atoms with Gasteiger partial charge in [0.05, 0.1) is 16.6 Å². The smallest absolute Gasteiger partial charge is 0.492 e. The van der Waals surface area contributed by atoms with Gasteiger partial charge in [-0.05, 0) is 65.4 Å². The van der Waals surface area contributed by atoms with Crippen molar-refractivity contribution in [1.82, 2.24) is 4.98 Å². The van der Waals surface area contributed by atoms with Crippen LogP contribution in [0.5, 0.6) is 11.6 Å². The molecule has 3 aromatic carbocycles. The summed E-state index contributed by atoms with van der Waals surface area (Å²) in [7, 11) is 0. The molecule has 0 spiro atoms. The van der Waals surface area contributed by atoms with E-state index < -0.39 is 6.16 Å². The van der Waals surface area contributed by atoms with Gasteiger partial charge in [-0.1, -0.05) is 54.6 Å². The van der Waals surface area contributed by atoms with E-state index >= 15 is 0 Å². The average Bonchev–Trinajstić information content (AvgIpc) is 3.11. The Hall–Kier alpha value is -3.25. The normalized spacial score (nSPS) is 11.0. The van der Waals surface area contributed by atoms with Gasteiger partial charge in [-0.2, -0.15) is 0 Å². The molecule has 0 saturated heterocycles. The third-order valence-corrected chi connectivity index (χ3v) is 6.53. The number of H-pyrrole nitrogens is 1. The Balaban J connectivity index is 1.62. The summed E-state index contributed by atoms with van der Waals surface area (Å²) < 4.78 is 12.0. The van der Waals surface area contributed by atoms with Crippen LogP contribution in [0.25, 0.3) is 22.0 Å². The van der Waals surface area contributed by atoms with Gasteiger partial charge in [0.15, 0.2) is 0 Å². The van der Waals surface area contributed by atoms with Crippen LogP contribution in [0.4, 0.5) is 4.79 Å². The number of nitrogens with one attached hydrogen (secondary N) is 1. The molecule has 0 radical (unpaired) electrons. The van der Waals surface area contributed by atoms with Crippen molar-refractivity contribution in [2.75, 3.05) is 6.61 Å². The molecular formula is C26H24BrNO4. The zero-order chi connectivity index (χ0) is 22.7. The molecule has 2 N–H and O–H groups in total. The van der Waals surface area contributed by atoms with Crippen LogP contribution in [0, 0.1) is 13.8 Å². The van der Waals surface area contributed by atoms with E-state index in [-0.39, 0.29) is 5.88 Å². The molecule has 0 amide bonds. The highest BCUT2D eigenvalue weighted by atomic mass is 79.9. The summed E-state index contributed by atoms with van der Waals surface area (Å²) in [6.45, 7) is 4.58. The van der Waals surface area contributed by atoms with Crippen LogP contribution in [0.2, 0.25) is 0 Å². The van der Waals surface area contributed by atoms with Gasteiger partial charge in [0.25, 0.3) is 0 Å². The van der Waals surface area contributed by atoms with Gasteiger partial charge in [-0.15, -0.1) is 0 Å². The fraction of sp³-hybridized carbons (Fsp3) is 0.192. The lowest BCUT2D eigenvalue weighted by molar-refractivity contribution is 0.142. The molecule has 5 nitrogen and oxygen atoms in total. The molecule has 0 saturated carbocycles. The second-order valence-electron chi connectivity index (χ2n) is 7.68. The number of fused-ring (bicyclic) bond motifs is 1. The van der Waals surface area contributed by atoms with Crippen LogP contribution < -0.4 is 9.47 Å². The van der Waals surface area contributed by atoms with E-state index in [1.165, 1.54) is 0 Å². The van der Waals surface area contributed by atoms with Crippen LogP contribution in [-0.2, 0) is 6.42 Å². The van der Waals surface area contributed by atoms with Crippen molar-refractivity contribution in [2.45, 2.75) is 26.7 Å². The van der Waals surface area contributed by atoms with Gasteiger partial charge in [-0.25, -0.2) is 4.79 Å². The number of benzene rings is 3. The minimum absolute atomic E-state index is 0.269. The van der Waals surface area contributed by atoms with Gasteiger partial charge in [0.1, 0.15) is 5.75 Å². The zero-order valence-electron chi connectivity index (χ0n) is 17.9. The molecule has 1 aromatic heterocycles. The van der Waals surface area contributed by atoms with Crippen molar-refractivity contribution < 1.29 is 19.4 Å². The van der Waals surface area contributed by atoms with Gasteiger partial charge >= 0.3 is 6.16 Å². The predicted octanol–water partition coefficient (Wildman–Crippen LogP) is 7.28. The van der Waals surface area contributed by atoms with Crippen LogP contribution in [0.1, 0.15) is 23.1 Å². The first-order valence-corrected chi connectivity index (χ1v) is 11.2. The first-order valence-electron chi connectivity index (χ1n) is 10.4. The monoisotopic (exact) mass is 493 g/mol. The quantitative estimate of drug-likeness (QED) is 0.209. The van der Waals surface area contributed by atoms with Crippen molar-refractivity contribution in [3.8, 4) is 22.8 Å². The molecule has 32 heavy (non-hydrogen) atoms. The third-order valence-electron chi connectivity index (χ3n) is 5.51. The summed E-state index contributed by atoms with van der Waals surface area (Å²) in [4.78, 5) is 14.5. The number of carbonyl (C=O) groups is 1. The van der Waals surface area contributed by atoms with Crippen molar-refractivity contribution >= 4 is 33.0 Å². The zero-order valence-corrected chi connectivity index (χ0v) is 19.5. The molecule has 0 aliphatic heterocycles. The highest BCUT2D eigenvalue weighted by molar-refractivity contribution is 9.10. The van der Waals surface area contributed by atoms with Crippen LogP contribution in [-0.4, -0.2) is 22.9 Å². The number of carboxylic acid groups (broad SMARTS) is 1. The van der Waals surface area contributed by atoms with Gasteiger partial charge in [-0.3, -0.25) is 0 Å². The molecule has 4 rings (SSSR count). The van der Waals surface area contributed by atoms with Crippen molar-refractivity contribution in [2.24, 2.45) is 0 Å². The summed E-state index contributed by atoms with van der Waals surface area (Å²) in [6.07, 6.45) is -0.0172. The summed E-state index contributed by atoms with van der Waals surface area (Å²) in [5.41, 5.74) is 6.08. The maximum absolute atomic E-state index is 11.3. The first kappa shape index (κ1) is 22.0. The molecule has 1 heterocycles. The minimum Gasteiger partial charge on any atom is -0.492 e. The Morgan fingerprint density at radius 3 is 2.47 bits per heavy atom. The van der Waals surface area contributed by atoms with Crippen molar-refractivity contribution in [3.63, 3.8) is 0 Å². The lowest BCUT2D eigenvalue weighted by atomic mass is 9.97. The molecule has 0 aliphatic rings. The number of hydrogen-bond donors (Lipinski definition) is 2. The maximum atomic E-state index is 11.3. The lowest BCUT2D eigenvalue weighted by Crippen LogP contribution is -2.06. The Morgan fingerprint density at radius 1 is 0.969 bits per heavy atom. The Bertz CT molecular complexity index is 1280. The molecular weight excluding hydrogens is 470 g/mol. The summed E-state index contributed by atoms with van der Waals surface area (Å²) >= 11 is 3.56. The van der Waals surface area contributed by atoms with E-state index in [9.17, 15) is 9.90 Å². The molecule has 4 aromatic rings. The van der Waals surface area contributed by atoms with E-state index in [0.29, 0.717) is 19.4 Å². The molecule has 0 aliphatic carbocycles. The Labute approximate surface area is 195 Å². The minimum atomic E-state index is -1.34. The molecule has 164 valence electrons. The SMILES string of the molecule is Cc1ccccc1-c1cccc2c(CCCOc3cccc(C)c3Br)c(OC(=O)O)[nH]c12. The average molecular weight is 494 g/mol. The highest BCUT2D eigenvalue weighted by Crippen LogP contribution is 2.37. The van der Waals surface area contributed by atoms with E-state index in [0.717, 1.165) is 48.9 Å². The highest BCUT2D eigenvalue weighted by Gasteiger charge is 2.18. The van der Waals surface area contributed by atoms with Gasteiger partial charge in [0, 0.05) is 16.5 Å². The second kappa shape index (κ2) is 9.49. The Morgan fingerprint density at radius 2 is 1.69 bits per heavy atom. The number of rotatable bonds is 7. The van der Waals surface area contributed by atoms with Crippen molar-refractivity contribution in [1.29, 1.82) is 0 Å². The first-order chi connectivity index (χ1) is 15.5. The maximum Gasteiger partial charge on any atom is 0.512 e. The number of hydrogen-bond acceptors (Lipinski definition) is 3. The number of para-hydroxylation sites is 1. The van der Waals surface area contributed by atoms with Gasteiger partial charge in [0.2, 0.25) is 5.88 Å². The summed E-state index contributed by atoms with van der Waals surface area (Å²) in [5.74, 6) is 1.07. The molecule has 0 fully saturated rings. The van der Waals surface area contributed by atoms with E-state index in [2.05, 4.69) is 40.0 Å². The number of aromatic amines is 1. The molecule has 0 bridgehead atoms. The number of aromatic nitrogens is 1. The van der Waals surface area contributed by atoms with Crippen LogP contribution in [0.15, 0.2) is 65.1 Å². The number of halogens is 1. The Kier molecular flexibility index (Phi) is 6.51. The summed E-state index contributed by atoms with van der Waals surface area (Å²) in [6, 6.07) is 20.1. The fourth-order valence-corrected chi connectivity index (χ4v) is 4.31. The van der Waals surface area contributed by atoms with E-state index in [1.807, 2.05) is 55.5 Å². The van der Waals surface area contributed by atoms with Gasteiger partial charge < -0.3 is 19.6 Å². The fourth-order valence-electron chi connectivity index (χ4n) is 3.93. The molecule has 0 unspecified atom stereocenters. The van der Waals surface area contributed by atoms with E-state index in [1.54, 1.807) is 0 Å². The van der Waals surface area contributed by atoms with E-state index in [4.69, 9.17) is 9.47 Å². The largest absolute Gasteiger partial charge is 0.512 e. The topological polar surface area (TPSA) is 71.6 Å². The standard InChI is InChI=1S/C26H24BrNO4/c1-16-8-3-4-10-18(16)19-11-6-12-20-21(25(28-24(19)20)32-26(29)30)13-7-15-31-22-14-5-9-17(2)23(22)27/h3-6,8-12,14,28H,7,13,15H2,1-2H3,(H,29,30). The number of ether oxygens (including phenoxy) is 2.